The van der Waals surface area contributed by atoms with E-state index in [0.29, 0.717) is 9.92 Å². The monoisotopic (exact) mass is 322 g/mol. The predicted molar refractivity (Wildman–Crippen MR) is 86.8 cm³/mol. The first-order valence-electron chi connectivity index (χ1n) is 6.22. The van der Waals surface area contributed by atoms with Crippen LogP contribution in [0.15, 0.2) is 58.5 Å². The van der Waals surface area contributed by atoms with Crippen molar-refractivity contribution in [2.75, 3.05) is 11.7 Å². The molecule has 21 heavy (non-hydrogen) atoms. The summed E-state index contributed by atoms with van der Waals surface area (Å²) in [5.41, 5.74) is 5.29. The van der Waals surface area contributed by atoms with Crippen LogP contribution in [0.2, 0.25) is 5.02 Å². The Balaban J connectivity index is 2.16. The molecule has 0 spiro atoms. The van der Waals surface area contributed by atoms with Gasteiger partial charge in [-0.05, 0) is 42.8 Å². The molecule has 110 valence electrons. The predicted octanol–water partition coefficient (Wildman–Crippen LogP) is 3.58. The molecule has 0 aliphatic heterocycles. The number of nitrogens with zero attached hydrogens (tertiary/aromatic N) is 1. The highest BCUT2D eigenvalue weighted by molar-refractivity contribution is 7.90. The maximum absolute atomic E-state index is 11.4. The fourth-order valence-corrected chi connectivity index (χ4v) is 2.54. The van der Waals surface area contributed by atoms with Gasteiger partial charge in [0.15, 0.2) is 9.84 Å². The van der Waals surface area contributed by atoms with Crippen molar-refractivity contribution >= 4 is 32.8 Å². The number of anilines is 1. The normalized spacial score (nSPS) is 12.2. The van der Waals surface area contributed by atoms with Crippen LogP contribution < -0.4 is 5.43 Å². The van der Waals surface area contributed by atoms with Crippen LogP contribution in [0, 0.1) is 0 Å². The molecule has 0 saturated carbocycles. The number of benzene rings is 2. The number of hydrogen-bond donors (Lipinski definition) is 1. The summed E-state index contributed by atoms with van der Waals surface area (Å²) in [5, 5.41) is 4.89. The molecule has 6 heteroatoms. The second-order valence-electron chi connectivity index (χ2n) is 4.62. The van der Waals surface area contributed by atoms with Gasteiger partial charge in [-0.1, -0.05) is 29.8 Å². The van der Waals surface area contributed by atoms with Crippen LogP contribution in [0.4, 0.5) is 5.69 Å². The van der Waals surface area contributed by atoms with Gasteiger partial charge in [-0.15, -0.1) is 0 Å². The summed E-state index contributed by atoms with van der Waals surface area (Å²) in [5.74, 6) is 0. The Labute approximate surface area is 129 Å². The summed E-state index contributed by atoms with van der Waals surface area (Å²) in [6.07, 6.45) is 1.18. The first kappa shape index (κ1) is 15.5. The summed E-state index contributed by atoms with van der Waals surface area (Å²) in [4.78, 5) is 0.293. The molecule has 0 bridgehead atoms. The van der Waals surface area contributed by atoms with Crippen molar-refractivity contribution in [1.82, 2.24) is 0 Å². The molecule has 4 nitrogen and oxygen atoms in total. The summed E-state index contributed by atoms with van der Waals surface area (Å²) in [7, 11) is -3.18. The van der Waals surface area contributed by atoms with Crippen molar-refractivity contribution in [2.45, 2.75) is 11.8 Å². The molecule has 2 rings (SSSR count). The van der Waals surface area contributed by atoms with Gasteiger partial charge in [0.05, 0.1) is 16.3 Å². The van der Waals surface area contributed by atoms with E-state index in [4.69, 9.17) is 11.6 Å². The molecule has 1 N–H and O–H groups in total. The van der Waals surface area contributed by atoms with Gasteiger partial charge in [0, 0.05) is 11.3 Å². The van der Waals surface area contributed by atoms with E-state index in [2.05, 4.69) is 10.5 Å². The molecule has 0 aliphatic carbocycles. The van der Waals surface area contributed by atoms with E-state index in [1.54, 1.807) is 36.4 Å². The summed E-state index contributed by atoms with van der Waals surface area (Å²) in [6.45, 7) is 1.84. The van der Waals surface area contributed by atoms with Crippen LogP contribution in [-0.4, -0.2) is 20.4 Å². The Morgan fingerprint density at radius 2 is 1.81 bits per heavy atom. The second kappa shape index (κ2) is 6.28. The first-order valence-corrected chi connectivity index (χ1v) is 8.49. The highest BCUT2D eigenvalue weighted by Crippen LogP contribution is 2.15. The van der Waals surface area contributed by atoms with Gasteiger partial charge in [0.1, 0.15) is 0 Å². The molecule has 0 fully saturated rings. The molecule has 0 unspecified atom stereocenters. The van der Waals surface area contributed by atoms with Gasteiger partial charge in [-0.25, -0.2) is 8.42 Å². The SMILES string of the molecule is C/C(=N\Nc1cccc(Cl)c1)c1ccc(S(C)(=O)=O)cc1. The highest BCUT2D eigenvalue weighted by Gasteiger charge is 2.06. The van der Waals surface area contributed by atoms with Crippen LogP contribution >= 0.6 is 11.6 Å². The van der Waals surface area contributed by atoms with Gasteiger partial charge in [-0.2, -0.15) is 5.10 Å². The lowest BCUT2D eigenvalue weighted by Gasteiger charge is -2.05. The lowest BCUT2D eigenvalue weighted by atomic mass is 10.1. The van der Waals surface area contributed by atoms with Crippen molar-refractivity contribution in [1.29, 1.82) is 0 Å². The van der Waals surface area contributed by atoms with Crippen molar-refractivity contribution in [2.24, 2.45) is 5.10 Å². The number of halogens is 1. The zero-order valence-corrected chi connectivity index (χ0v) is 13.2. The Morgan fingerprint density at radius 1 is 1.14 bits per heavy atom. The highest BCUT2D eigenvalue weighted by atomic mass is 35.5. The summed E-state index contributed by atoms with van der Waals surface area (Å²) >= 11 is 5.89. The fourth-order valence-electron chi connectivity index (χ4n) is 1.71. The van der Waals surface area contributed by atoms with E-state index < -0.39 is 9.84 Å². The van der Waals surface area contributed by atoms with Crippen molar-refractivity contribution < 1.29 is 8.42 Å². The minimum Gasteiger partial charge on any atom is -0.278 e. The average Bonchev–Trinajstić information content (AvgIpc) is 2.44. The molecule has 0 aliphatic rings. The lowest BCUT2D eigenvalue weighted by molar-refractivity contribution is 0.602. The Hall–Kier alpha value is -1.85. The van der Waals surface area contributed by atoms with Crippen LogP contribution in [0.25, 0.3) is 0 Å². The topological polar surface area (TPSA) is 58.5 Å². The average molecular weight is 323 g/mol. The molecule has 0 aromatic heterocycles. The Morgan fingerprint density at radius 3 is 2.38 bits per heavy atom. The Bertz CT molecular complexity index is 769. The van der Waals surface area contributed by atoms with Crippen molar-refractivity contribution in [3.8, 4) is 0 Å². The van der Waals surface area contributed by atoms with Gasteiger partial charge < -0.3 is 0 Å². The maximum atomic E-state index is 11.4. The van der Waals surface area contributed by atoms with E-state index in [1.807, 2.05) is 19.1 Å². The van der Waals surface area contributed by atoms with Crippen LogP contribution in [-0.2, 0) is 9.84 Å². The number of nitrogens with one attached hydrogen (secondary N) is 1. The molecular formula is C15H15ClN2O2S. The van der Waals surface area contributed by atoms with Crippen molar-refractivity contribution in [3.63, 3.8) is 0 Å². The van der Waals surface area contributed by atoms with Crippen LogP contribution in [0.5, 0.6) is 0 Å². The minimum absolute atomic E-state index is 0.293. The molecule has 2 aromatic carbocycles. The first-order chi connectivity index (χ1) is 9.86. The molecular weight excluding hydrogens is 308 g/mol. The molecule has 2 aromatic rings. The van der Waals surface area contributed by atoms with Gasteiger partial charge in [-0.3, -0.25) is 5.43 Å². The minimum atomic E-state index is -3.18. The maximum Gasteiger partial charge on any atom is 0.175 e. The Kier molecular flexibility index (Phi) is 4.65. The van der Waals surface area contributed by atoms with E-state index in [9.17, 15) is 8.42 Å². The van der Waals surface area contributed by atoms with Crippen LogP contribution in [0.3, 0.4) is 0 Å². The van der Waals surface area contributed by atoms with E-state index in [1.165, 1.54) is 6.26 Å². The van der Waals surface area contributed by atoms with E-state index >= 15 is 0 Å². The largest absolute Gasteiger partial charge is 0.278 e. The van der Waals surface area contributed by atoms with E-state index in [0.717, 1.165) is 17.0 Å². The smallest absolute Gasteiger partial charge is 0.175 e. The zero-order valence-electron chi connectivity index (χ0n) is 11.7. The van der Waals surface area contributed by atoms with Crippen molar-refractivity contribution in [3.05, 3.63) is 59.1 Å². The number of hydrogen-bond acceptors (Lipinski definition) is 4. The third kappa shape index (κ3) is 4.31. The van der Waals surface area contributed by atoms with Gasteiger partial charge in [0.2, 0.25) is 0 Å². The van der Waals surface area contributed by atoms with E-state index in [-0.39, 0.29) is 0 Å². The lowest BCUT2D eigenvalue weighted by Crippen LogP contribution is -2.01. The third-order valence-electron chi connectivity index (χ3n) is 2.88. The fraction of sp³-hybridized carbons (Fsp3) is 0.133. The van der Waals surface area contributed by atoms with Gasteiger partial charge in [0.25, 0.3) is 0 Å². The van der Waals surface area contributed by atoms with Gasteiger partial charge >= 0.3 is 0 Å². The standard InChI is InChI=1S/C15H15ClN2O2S/c1-11(17-18-14-5-3-4-13(16)10-14)12-6-8-15(9-7-12)21(2,19)20/h3-10,18H,1-2H3/b17-11+. The number of rotatable bonds is 4. The third-order valence-corrected chi connectivity index (χ3v) is 4.24. The number of sulfone groups is 1. The molecule has 0 saturated heterocycles. The molecule has 0 radical (unpaired) electrons. The molecule has 0 atom stereocenters. The molecule has 0 heterocycles. The zero-order chi connectivity index (χ0) is 15.5. The second-order valence-corrected chi connectivity index (χ2v) is 7.07. The molecule has 0 amide bonds. The van der Waals surface area contributed by atoms with Crippen LogP contribution in [0.1, 0.15) is 12.5 Å². The summed E-state index contributed by atoms with van der Waals surface area (Å²) < 4.78 is 22.8. The number of hydrazone groups is 1. The quantitative estimate of drug-likeness (QED) is 0.691. The summed E-state index contributed by atoms with van der Waals surface area (Å²) in [6, 6.07) is 13.8.